The van der Waals surface area contributed by atoms with Crippen LogP contribution in [0.4, 0.5) is 0 Å². The first-order valence-corrected chi connectivity index (χ1v) is 17.7. The number of carbonyl (C=O) groups excluding carboxylic acids is 2. The maximum absolute atomic E-state index is 9.18. The van der Waals surface area contributed by atoms with Gasteiger partial charge in [0.1, 0.15) is 0 Å². The molecule has 0 aromatic heterocycles. The quantitative estimate of drug-likeness (QED) is 0.100. The third kappa shape index (κ3) is 65.4. The molecule has 6 nitrogen and oxygen atoms in total. The normalized spacial score (nSPS) is 9.27. The summed E-state index contributed by atoms with van der Waals surface area (Å²) >= 11 is 6.78. The van der Waals surface area contributed by atoms with Crippen LogP contribution in [-0.4, -0.2) is 68.0 Å². The van der Waals surface area contributed by atoms with Crippen molar-refractivity contribution in [3.63, 3.8) is 0 Å². The summed E-state index contributed by atoms with van der Waals surface area (Å²) in [4.78, 5) is 18.4. The molecule has 198 valence electrons. The zero-order valence-electron chi connectivity index (χ0n) is 21.1. The summed E-state index contributed by atoms with van der Waals surface area (Å²) in [6.45, 7) is 4.99. The number of aliphatic carboxylic acids is 2. The van der Waals surface area contributed by atoms with Crippen LogP contribution in [0.3, 0.4) is 0 Å². The Hall–Kier alpha value is 0.359. The van der Waals surface area contributed by atoms with Crippen molar-refractivity contribution in [3.8, 4) is 0 Å². The molecule has 33 heavy (non-hydrogen) atoms. The van der Waals surface area contributed by atoms with Gasteiger partial charge in [-0.25, -0.2) is 0 Å². The monoisotopic (exact) mass is 618 g/mol. The first-order valence-electron chi connectivity index (χ1n) is 12.4. The van der Waals surface area contributed by atoms with Crippen LogP contribution in [0.2, 0.25) is 8.87 Å². The Morgan fingerprint density at radius 2 is 0.879 bits per heavy atom. The van der Waals surface area contributed by atoms with Crippen LogP contribution < -0.4 is 10.2 Å². The predicted molar refractivity (Wildman–Crippen MR) is 143 cm³/mol. The van der Waals surface area contributed by atoms with Gasteiger partial charge in [0.2, 0.25) is 0 Å². The first kappa shape index (κ1) is 40.5. The molecule has 0 spiro atoms. The average molecular weight is 618 g/mol. The summed E-state index contributed by atoms with van der Waals surface area (Å²) in [6.07, 6.45) is 19.3. The fourth-order valence-electron chi connectivity index (χ4n) is 2.41. The molecule has 0 unspecified atom stereocenters. The summed E-state index contributed by atoms with van der Waals surface area (Å²) in [6, 6.07) is 0. The molecule has 0 aliphatic rings. The molecular formula is C24H50O6S2Sn. The van der Waals surface area contributed by atoms with Crippen LogP contribution in [-0.2, 0) is 9.59 Å². The number of aliphatic hydroxyl groups excluding tert-OH is 2. The minimum absolute atomic E-state index is 0.0736. The topological polar surface area (TPSA) is 121 Å². The summed E-state index contributed by atoms with van der Waals surface area (Å²) in [5.41, 5.74) is 0. The molecule has 0 radical (unpaired) electrons. The predicted octanol–water partition coefficient (Wildman–Crippen LogP) is 3.33. The van der Waals surface area contributed by atoms with E-state index in [4.69, 9.17) is 10.2 Å². The molecule has 0 saturated carbocycles. The zero-order valence-corrected chi connectivity index (χ0v) is 25.7. The van der Waals surface area contributed by atoms with Crippen LogP contribution in [0, 0.1) is 0 Å². The number of rotatable bonds is 19. The van der Waals surface area contributed by atoms with Gasteiger partial charge in [-0.05, 0) is 12.8 Å². The van der Waals surface area contributed by atoms with Gasteiger partial charge < -0.3 is 30.0 Å². The Bertz CT molecular complexity index is 332. The molecular weight excluding hydrogens is 567 g/mol. The number of aliphatic hydroxyl groups is 2. The molecule has 2 N–H and O–H groups in total. The van der Waals surface area contributed by atoms with Gasteiger partial charge in [0, 0.05) is 24.7 Å². The Morgan fingerprint density at radius 3 is 1.12 bits per heavy atom. The number of thiol groups is 2. The Labute approximate surface area is 224 Å². The van der Waals surface area contributed by atoms with Crippen molar-refractivity contribution >= 4 is 58.3 Å². The number of carbonyl (C=O) groups is 2. The van der Waals surface area contributed by atoms with Gasteiger partial charge in [-0.15, -0.1) is 0 Å². The number of hydrogen-bond acceptors (Lipinski definition) is 8. The molecule has 0 aliphatic carbocycles. The second-order valence-corrected chi connectivity index (χ2v) is 12.4. The number of unbranched alkanes of at least 4 members (excludes halogenated alkanes) is 11. The molecule has 0 saturated heterocycles. The van der Waals surface area contributed by atoms with E-state index in [1.54, 1.807) is 21.7 Å². The smallest absolute Gasteiger partial charge is 0.0510 e. The Morgan fingerprint density at radius 1 is 0.606 bits per heavy atom. The van der Waals surface area contributed by atoms with Gasteiger partial charge >= 0.3 is 121 Å². The van der Waals surface area contributed by atoms with Crippen LogP contribution in [0.15, 0.2) is 0 Å². The minimum Gasteiger partial charge on any atom is -0.549 e. The third-order valence-electron chi connectivity index (χ3n) is 4.24. The van der Waals surface area contributed by atoms with E-state index in [0.717, 1.165) is 12.8 Å². The molecule has 0 bridgehead atoms. The summed E-state index contributed by atoms with van der Waals surface area (Å²) in [7, 11) is 0. The van der Waals surface area contributed by atoms with Gasteiger partial charge in [-0.3, -0.25) is 0 Å². The van der Waals surface area contributed by atoms with Crippen LogP contribution >= 0.6 is 25.3 Å². The Balaban J connectivity index is -0.000000213. The molecule has 0 aliphatic heterocycles. The SMILES string of the molecule is CCCCCCC[CH2][Sn+2][CH2]CCCCCCC.O=C([O-])CS.O=C([O-])CS.OCCCCO. The van der Waals surface area contributed by atoms with E-state index in [1.165, 1.54) is 64.2 Å². The molecule has 0 rings (SSSR count). The van der Waals surface area contributed by atoms with E-state index in [0.29, 0.717) is 0 Å². The fourth-order valence-corrected chi connectivity index (χ4v) is 5.98. The largest absolute Gasteiger partial charge is 0.549 e. The number of hydrogen-bond donors (Lipinski definition) is 4. The van der Waals surface area contributed by atoms with Crippen molar-refractivity contribution < 1.29 is 30.0 Å². The minimum atomic E-state index is -1.13. The van der Waals surface area contributed by atoms with Crippen LogP contribution in [0.1, 0.15) is 104 Å². The second-order valence-electron chi connectivity index (χ2n) is 7.50. The van der Waals surface area contributed by atoms with Crippen molar-refractivity contribution in [2.75, 3.05) is 24.7 Å². The molecule has 0 fully saturated rings. The number of carboxylic acid groups (broad SMARTS) is 2. The number of carboxylic acids is 2. The molecule has 0 heterocycles. The van der Waals surface area contributed by atoms with Crippen molar-refractivity contribution in [2.24, 2.45) is 0 Å². The maximum Gasteiger partial charge on any atom is 0.0510 e. The maximum atomic E-state index is 9.18. The van der Waals surface area contributed by atoms with Crippen molar-refractivity contribution in [2.45, 2.75) is 113 Å². The zero-order chi connectivity index (χ0) is 26.0. The van der Waals surface area contributed by atoms with Gasteiger partial charge in [0.25, 0.3) is 0 Å². The van der Waals surface area contributed by atoms with E-state index in [-0.39, 0.29) is 45.9 Å². The third-order valence-corrected chi connectivity index (χ3v) is 8.79. The van der Waals surface area contributed by atoms with E-state index < -0.39 is 11.9 Å². The van der Waals surface area contributed by atoms with Crippen molar-refractivity contribution in [1.29, 1.82) is 0 Å². The van der Waals surface area contributed by atoms with Gasteiger partial charge in [-0.1, -0.05) is 0 Å². The molecule has 0 amide bonds. The summed E-state index contributed by atoms with van der Waals surface area (Å²) in [5.74, 6) is -2.65. The molecule has 0 aromatic carbocycles. The Kier molecular flexibility index (Phi) is 52.2. The van der Waals surface area contributed by atoms with Gasteiger partial charge in [0.05, 0.1) is 11.9 Å². The van der Waals surface area contributed by atoms with Gasteiger partial charge in [-0.2, -0.15) is 25.3 Å². The van der Waals surface area contributed by atoms with Gasteiger partial charge in [0.15, 0.2) is 0 Å². The average Bonchev–Trinajstić information content (AvgIpc) is 2.81. The summed E-state index contributed by atoms with van der Waals surface area (Å²) < 4.78 is 3.31. The fraction of sp³-hybridized carbons (Fsp3) is 0.917. The molecule has 0 aromatic rings. The second kappa shape index (κ2) is 42.5. The standard InChI is InChI=1S/2C8H17.C4H10O2.2C2H4O2S.Sn/c2*1-3-5-7-8-6-4-2;5-3-1-2-4-6;2*3-2(4)1-5;/h2*1,3-8H2,2H3;5-6H,1-4H2;2*5H,1H2,(H,3,4);/q;;;;;+2/p-2. The summed E-state index contributed by atoms with van der Waals surface area (Å²) in [5, 5.41) is 34.5. The molecule has 0 atom stereocenters. The van der Waals surface area contributed by atoms with Crippen LogP contribution in [0.25, 0.3) is 0 Å². The van der Waals surface area contributed by atoms with E-state index in [1.807, 2.05) is 0 Å². The van der Waals surface area contributed by atoms with Crippen LogP contribution in [0.5, 0.6) is 0 Å². The molecule has 9 heteroatoms. The van der Waals surface area contributed by atoms with E-state index in [2.05, 4.69) is 39.1 Å². The first-order chi connectivity index (χ1) is 15.9. The van der Waals surface area contributed by atoms with Crippen molar-refractivity contribution in [1.82, 2.24) is 0 Å². The van der Waals surface area contributed by atoms with E-state index in [9.17, 15) is 19.8 Å². The van der Waals surface area contributed by atoms with Crippen molar-refractivity contribution in [3.05, 3.63) is 0 Å². The van der Waals surface area contributed by atoms with E-state index >= 15 is 0 Å².